The summed E-state index contributed by atoms with van der Waals surface area (Å²) in [5, 5.41) is 0.572. The first-order chi connectivity index (χ1) is 12.5. The second-order valence-corrected chi connectivity index (χ2v) is 7.08. The fourth-order valence-electron chi connectivity index (χ4n) is 3.82. The lowest BCUT2D eigenvalue weighted by atomic mass is 9.88. The van der Waals surface area contributed by atoms with E-state index in [1.165, 1.54) is 0 Å². The molecule has 4 rings (SSSR count). The quantitative estimate of drug-likeness (QED) is 0.765. The summed E-state index contributed by atoms with van der Waals surface area (Å²) >= 11 is 6.67. The first-order valence-electron chi connectivity index (χ1n) is 8.48. The summed E-state index contributed by atoms with van der Waals surface area (Å²) in [6.45, 7) is 2.13. The van der Waals surface area contributed by atoms with E-state index in [2.05, 4.69) is 0 Å². The zero-order chi connectivity index (χ0) is 18.4. The lowest BCUT2D eigenvalue weighted by Gasteiger charge is -2.29. The minimum Gasteiger partial charge on any atom is -0.488 e. The molecule has 2 aliphatic carbocycles. The Morgan fingerprint density at radius 3 is 2.65 bits per heavy atom. The number of ether oxygens (including phenoxy) is 1. The number of ketones is 2. The van der Waals surface area contributed by atoms with Gasteiger partial charge in [-0.25, -0.2) is 0 Å². The number of allylic oxidation sites excluding steroid dienone is 3. The van der Waals surface area contributed by atoms with Crippen LogP contribution in [0.1, 0.15) is 18.9 Å². The topological polar surface area (TPSA) is 46.6 Å². The zero-order valence-corrected chi connectivity index (χ0v) is 15.3. The predicted octanol–water partition coefficient (Wildman–Crippen LogP) is 3.65. The van der Waals surface area contributed by atoms with E-state index in [1.807, 2.05) is 54.4 Å². The Bertz CT molecular complexity index is 937. The maximum absolute atomic E-state index is 12.1. The Kier molecular flexibility index (Phi) is 4.08. The number of carbonyl (C=O) groups is 2. The molecule has 0 N–H and O–H groups in total. The molecular weight excluding hydrogens is 350 g/mol. The van der Waals surface area contributed by atoms with E-state index in [1.54, 1.807) is 6.92 Å². The fourth-order valence-corrected chi connectivity index (χ4v) is 4.20. The summed E-state index contributed by atoms with van der Waals surface area (Å²) in [7, 11) is 1.90. The van der Waals surface area contributed by atoms with Crippen LogP contribution in [0.5, 0.6) is 0 Å². The summed E-state index contributed by atoms with van der Waals surface area (Å²) < 4.78 is 5.92. The molecule has 1 unspecified atom stereocenters. The van der Waals surface area contributed by atoms with Gasteiger partial charge in [-0.3, -0.25) is 9.59 Å². The average molecular weight is 368 g/mol. The van der Waals surface area contributed by atoms with E-state index in [-0.39, 0.29) is 18.2 Å². The molecule has 5 heteroatoms. The van der Waals surface area contributed by atoms with E-state index in [0.717, 1.165) is 22.4 Å². The van der Waals surface area contributed by atoms with Crippen molar-refractivity contribution in [3.05, 3.63) is 81.3 Å². The monoisotopic (exact) mass is 367 g/mol. The summed E-state index contributed by atoms with van der Waals surface area (Å²) in [5.74, 6) is -0.145. The smallest absolute Gasteiger partial charge is 0.226 e. The highest BCUT2D eigenvalue weighted by Crippen LogP contribution is 2.45. The van der Waals surface area contributed by atoms with Crippen molar-refractivity contribution in [1.29, 1.82) is 0 Å². The van der Waals surface area contributed by atoms with Crippen LogP contribution in [0.15, 0.2) is 75.7 Å². The number of carbonyl (C=O) groups excluding carboxylic acids is 2. The molecule has 132 valence electrons. The Balaban J connectivity index is 1.67. The van der Waals surface area contributed by atoms with Crippen molar-refractivity contribution in [1.82, 2.24) is 4.90 Å². The average Bonchev–Trinajstić information content (AvgIpc) is 2.93. The molecule has 1 heterocycles. The second-order valence-electron chi connectivity index (χ2n) is 6.67. The van der Waals surface area contributed by atoms with E-state index >= 15 is 0 Å². The molecule has 1 aromatic rings. The zero-order valence-electron chi connectivity index (χ0n) is 14.6. The molecule has 0 fully saturated rings. The third-order valence-electron chi connectivity index (χ3n) is 5.08. The van der Waals surface area contributed by atoms with Crippen molar-refractivity contribution >= 4 is 23.2 Å². The molecular formula is C21H18ClNO3. The van der Waals surface area contributed by atoms with Crippen molar-refractivity contribution in [3.63, 3.8) is 0 Å². The third-order valence-corrected chi connectivity index (χ3v) is 5.48. The van der Waals surface area contributed by atoms with Gasteiger partial charge >= 0.3 is 0 Å². The Morgan fingerprint density at radius 1 is 1.19 bits per heavy atom. The van der Waals surface area contributed by atoms with Crippen LogP contribution in [-0.2, 0) is 20.9 Å². The number of halogens is 1. The first-order valence-corrected chi connectivity index (χ1v) is 8.86. The van der Waals surface area contributed by atoms with Gasteiger partial charge in [0.15, 0.2) is 0 Å². The van der Waals surface area contributed by atoms with E-state index in [9.17, 15) is 9.59 Å². The van der Waals surface area contributed by atoms with Crippen LogP contribution >= 0.6 is 11.6 Å². The molecule has 0 amide bonds. The van der Waals surface area contributed by atoms with Crippen LogP contribution in [0, 0.1) is 0 Å². The van der Waals surface area contributed by atoms with Gasteiger partial charge in [-0.05, 0) is 29.7 Å². The Hall–Kier alpha value is -2.59. The van der Waals surface area contributed by atoms with Crippen LogP contribution < -0.4 is 0 Å². The van der Waals surface area contributed by atoms with Crippen LogP contribution in [-0.4, -0.2) is 29.6 Å². The molecule has 0 saturated heterocycles. The van der Waals surface area contributed by atoms with Gasteiger partial charge in [-0.15, -0.1) is 0 Å². The van der Waals surface area contributed by atoms with Crippen molar-refractivity contribution in [3.8, 4) is 0 Å². The van der Waals surface area contributed by atoms with Crippen LogP contribution in [0.25, 0.3) is 0 Å². The summed E-state index contributed by atoms with van der Waals surface area (Å²) in [6, 6.07) is 9.67. The number of rotatable bonds is 3. The summed E-state index contributed by atoms with van der Waals surface area (Å²) in [6.07, 6.45) is 3.93. The van der Waals surface area contributed by atoms with E-state index < -0.39 is 5.78 Å². The van der Waals surface area contributed by atoms with Crippen molar-refractivity contribution in [2.45, 2.75) is 26.0 Å². The van der Waals surface area contributed by atoms with Gasteiger partial charge in [0.2, 0.25) is 11.6 Å². The number of fused-ring (bicyclic) bond motifs is 2. The van der Waals surface area contributed by atoms with Gasteiger partial charge in [0.25, 0.3) is 0 Å². The second kappa shape index (κ2) is 6.29. The summed E-state index contributed by atoms with van der Waals surface area (Å²) in [4.78, 5) is 26.1. The van der Waals surface area contributed by atoms with Crippen LogP contribution in [0.4, 0.5) is 0 Å². The van der Waals surface area contributed by atoms with Crippen molar-refractivity contribution in [2.75, 3.05) is 7.05 Å². The highest BCUT2D eigenvalue weighted by Gasteiger charge is 2.43. The number of hydrogen-bond acceptors (Lipinski definition) is 4. The maximum Gasteiger partial charge on any atom is 0.226 e. The molecule has 4 nitrogen and oxygen atoms in total. The standard InChI is InChI=1S/C21H18ClNO3/c1-12-19-15(10-16(24)21(12)25)14-8-9-17(18(22)20(14)23(19)2)26-11-13-6-4-3-5-7-13/h3-9,20H,10-11H2,1-2H3. The molecule has 1 aliphatic heterocycles. The lowest BCUT2D eigenvalue weighted by Crippen LogP contribution is -2.32. The maximum atomic E-state index is 12.1. The molecule has 1 atom stereocenters. The lowest BCUT2D eigenvalue weighted by molar-refractivity contribution is -0.134. The SMILES string of the molecule is CC1=C2C(=C3C=CC(OCc4ccccc4)=C(Cl)C3N2C)CC(=O)C1=O. The minimum atomic E-state index is -0.403. The Morgan fingerprint density at radius 2 is 1.92 bits per heavy atom. The van der Waals surface area contributed by atoms with Crippen LogP contribution in [0.2, 0.25) is 0 Å². The number of Topliss-reactive ketones (excluding diaryl/α,β-unsaturated/α-hetero) is 2. The third kappa shape index (κ3) is 2.53. The van der Waals surface area contributed by atoms with Crippen molar-refractivity contribution in [2.24, 2.45) is 0 Å². The normalized spacial score (nSPS) is 22.3. The van der Waals surface area contributed by atoms with Gasteiger partial charge < -0.3 is 9.64 Å². The first kappa shape index (κ1) is 16.9. The molecule has 0 spiro atoms. The highest BCUT2D eigenvalue weighted by molar-refractivity contribution is 6.45. The van der Waals surface area contributed by atoms with E-state index in [0.29, 0.717) is 23.0 Å². The number of benzene rings is 1. The van der Waals surface area contributed by atoms with Gasteiger partial charge in [0.05, 0.1) is 11.1 Å². The van der Waals surface area contributed by atoms with Gasteiger partial charge in [-0.1, -0.05) is 48.0 Å². The number of likely N-dealkylation sites (N-methyl/N-ethyl adjacent to an activating group) is 1. The van der Waals surface area contributed by atoms with Gasteiger partial charge in [-0.2, -0.15) is 0 Å². The largest absolute Gasteiger partial charge is 0.488 e. The molecule has 1 aromatic carbocycles. The van der Waals surface area contributed by atoms with Gasteiger partial charge in [0, 0.05) is 24.7 Å². The molecule has 3 aliphatic rings. The predicted molar refractivity (Wildman–Crippen MR) is 99.2 cm³/mol. The molecule has 0 radical (unpaired) electrons. The molecule has 0 saturated carbocycles. The Labute approximate surface area is 157 Å². The van der Waals surface area contributed by atoms with Crippen molar-refractivity contribution < 1.29 is 14.3 Å². The van der Waals surface area contributed by atoms with Gasteiger partial charge in [0.1, 0.15) is 12.4 Å². The van der Waals surface area contributed by atoms with E-state index in [4.69, 9.17) is 16.3 Å². The highest BCUT2D eigenvalue weighted by atomic mass is 35.5. The number of nitrogens with zero attached hydrogens (tertiary/aromatic N) is 1. The minimum absolute atomic E-state index is 0.135. The molecule has 0 aromatic heterocycles. The fraction of sp³-hybridized carbons (Fsp3) is 0.238. The summed E-state index contributed by atoms with van der Waals surface area (Å²) in [5.41, 5.74) is 4.24. The number of hydrogen-bond donors (Lipinski definition) is 0. The molecule has 0 bridgehead atoms. The molecule has 26 heavy (non-hydrogen) atoms. The van der Waals surface area contributed by atoms with Crippen LogP contribution in [0.3, 0.4) is 0 Å².